The summed E-state index contributed by atoms with van der Waals surface area (Å²) in [6, 6.07) is 7.46. The monoisotopic (exact) mass is 331 g/mol. The molecule has 2 atom stereocenters. The maximum absolute atomic E-state index is 12.2. The van der Waals surface area contributed by atoms with E-state index in [0.717, 1.165) is 11.3 Å². The molecule has 0 aromatic heterocycles. The lowest BCUT2D eigenvalue weighted by Gasteiger charge is -2.35. The minimum Gasteiger partial charge on any atom is -0.488 e. The Morgan fingerprint density at radius 3 is 2.67 bits per heavy atom. The third-order valence-corrected chi connectivity index (χ3v) is 3.99. The number of ether oxygens (including phenoxy) is 3. The van der Waals surface area contributed by atoms with Gasteiger partial charge in [0, 0.05) is 18.7 Å². The van der Waals surface area contributed by atoms with Gasteiger partial charge in [-0.1, -0.05) is 18.2 Å². The van der Waals surface area contributed by atoms with Gasteiger partial charge < -0.3 is 19.1 Å². The molecule has 1 fully saturated rings. The highest BCUT2D eigenvalue weighted by Gasteiger charge is 2.27. The lowest BCUT2D eigenvalue weighted by atomic mass is 10.1. The van der Waals surface area contributed by atoms with Crippen LogP contribution in [0.3, 0.4) is 0 Å². The van der Waals surface area contributed by atoms with Crippen molar-refractivity contribution in [2.24, 2.45) is 0 Å². The van der Waals surface area contributed by atoms with Crippen LogP contribution in [0.5, 0.6) is 5.75 Å². The number of esters is 1. The van der Waals surface area contributed by atoms with Gasteiger partial charge in [0.1, 0.15) is 12.4 Å². The van der Waals surface area contributed by atoms with Crippen LogP contribution in [-0.2, 0) is 19.1 Å². The fraction of sp³-hybridized carbons (Fsp3) is 0.444. The van der Waals surface area contributed by atoms with Crippen molar-refractivity contribution in [1.82, 2.24) is 4.90 Å². The number of carbonyl (C=O) groups is 2. The maximum atomic E-state index is 12.2. The molecule has 24 heavy (non-hydrogen) atoms. The number of carbonyl (C=O) groups excluding carboxylic acids is 2. The summed E-state index contributed by atoms with van der Waals surface area (Å²) in [5.41, 5.74) is 1.24. The van der Waals surface area contributed by atoms with Gasteiger partial charge in [-0.25, -0.2) is 4.79 Å². The number of nitrogens with zero attached hydrogens (tertiary/aromatic N) is 1. The summed E-state index contributed by atoms with van der Waals surface area (Å²) in [5, 5.41) is 0. The Balaban J connectivity index is 1.56. The summed E-state index contributed by atoms with van der Waals surface area (Å²) in [7, 11) is 0. The molecule has 2 aliphatic heterocycles. The van der Waals surface area contributed by atoms with Crippen molar-refractivity contribution in [1.29, 1.82) is 0 Å². The fourth-order valence-corrected chi connectivity index (χ4v) is 2.93. The fourth-order valence-electron chi connectivity index (χ4n) is 2.93. The van der Waals surface area contributed by atoms with Crippen LogP contribution in [0.1, 0.15) is 19.4 Å². The molecule has 0 unspecified atom stereocenters. The molecule has 6 heteroatoms. The van der Waals surface area contributed by atoms with Crippen LogP contribution in [0, 0.1) is 0 Å². The molecule has 2 aliphatic rings. The molecule has 1 aromatic rings. The zero-order chi connectivity index (χ0) is 17.1. The Morgan fingerprint density at radius 2 is 1.92 bits per heavy atom. The maximum Gasteiger partial charge on any atom is 0.338 e. The Kier molecular flexibility index (Phi) is 4.85. The first-order valence-electron chi connectivity index (χ1n) is 8.05. The van der Waals surface area contributed by atoms with Gasteiger partial charge in [-0.15, -0.1) is 0 Å². The normalized spacial score (nSPS) is 22.9. The molecule has 0 bridgehead atoms. The number of amides is 1. The van der Waals surface area contributed by atoms with Crippen molar-refractivity contribution in [2.45, 2.75) is 26.1 Å². The molecule has 128 valence electrons. The minimum absolute atomic E-state index is 0.0145. The number of hydrogen-bond donors (Lipinski definition) is 0. The van der Waals surface area contributed by atoms with E-state index < -0.39 is 5.97 Å². The first-order valence-corrected chi connectivity index (χ1v) is 8.05. The summed E-state index contributed by atoms with van der Waals surface area (Å²) in [6.45, 7) is 4.75. The molecular formula is C18H21NO5. The van der Waals surface area contributed by atoms with Crippen molar-refractivity contribution in [3.8, 4) is 5.75 Å². The van der Waals surface area contributed by atoms with E-state index in [1.54, 1.807) is 11.0 Å². The van der Waals surface area contributed by atoms with Gasteiger partial charge in [-0.05, 0) is 26.0 Å². The first-order chi connectivity index (χ1) is 11.5. The molecule has 2 heterocycles. The number of morpholine rings is 1. The highest BCUT2D eigenvalue weighted by atomic mass is 16.5. The quantitative estimate of drug-likeness (QED) is 0.788. The van der Waals surface area contributed by atoms with Crippen LogP contribution < -0.4 is 4.74 Å². The zero-order valence-corrected chi connectivity index (χ0v) is 13.9. The van der Waals surface area contributed by atoms with Gasteiger partial charge in [-0.2, -0.15) is 0 Å². The van der Waals surface area contributed by atoms with Crippen LogP contribution in [0.25, 0.3) is 6.08 Å². The van der Waals surface area contributed by atoms with E-state index in [0.29, 0.717) is 18.7 Å². The zero-order valence-electron chi connectivity index (χ0n) is 13.9. The summed E-state index contributed by atoms with van der Waals surface area (Å²) in [5.74, 6) is 0.0108. The van der Waals surface area contributed by atoms with E-state index in [1.807, 2.05) is 38.1 Å². The number of para-hydroxylation sites is 1. The molecule has 1 saturated heterocycles. The standard InChI is InChI=1S/C18H21NO5/c1-12-8-19(9-13(2)24-12)17(20)11-23-18(21)15-7-14-5-3-4-6-16(14)22-10-15/h3-7,12-13H,8-11H2,1-2H3/t12-,13+. The van der Waals surface area contributed by atoms with Crippen molar-refractivity contribution in [2.75, 3.05) is 26.3 Å². The predicted molar refractivity (Wildman–Crippen MR) is 87.5 cm³/mol. The molecule has 0 N–H and O–H groups in total. The van der Waals surface area contributed by atoms with E-state index in [9.17, 15) is 9.59 Å². The van der Waals surface area contributed by atoms with Crippen LogP contribution in [0.4, 0.5) is 0 Å². The van der Waals surface area contributed by atoms with Crippen LogP contribution in [0.2, 0.25) is 0 Å². The number of benzene rings is 1. The highest BCUT2D eigenvalue weighted by Crippen LogP contribution is 2.26. The molecule has 0 aliphatic carbocycles. The Hall–Kier alpha value is -2.34. The summed E-state index contributed by atoms with van der Waals surface area (Å²) >= 11 is 0. The van der Waals surface area contributed by atoms with E-state index in [2.05, 4.69) is 0 Å². The van der Waals surface area contributed by atoms with Crippen LogP contribution in [0.15, 0.2) is 29.8 Å². The third-order valence-electron chi connectivity index (χ3n) is 3.99. The van der Waals surface area contributed by atoms with Gasteiger partial charge in [0.15, 0.2) is 6.61 Å². The second-order valence-electron chi connectivity index (χ2n) is 6.13. The number of hydrogen-bond acceptors (Lipinski definition) is 5. The second-order valence-corrected chi connectivity index (χ2v) is 6.13. The Bertz CT molecular complexity index is 659. The predicted octanol–water partition coefficient (Wildman–Crippen LogP) is 1.64. The lowest BCUT2D eigenvalue weighted by molar-refractivity contribution is -0.155. The van der Waals surface area contributed by atoms with E-state index >= 15 is 0 Å². The van der Waals surface area contributed by atoms with Gasteiger partial charge in [0.2, 0.25) is 0 Å². The molecular weight excluding hydrogens is 310 g/mol. The van der Waals surface area contributed by atoms with E-state index in [4.69, 9.17) is 14.2 Å². The third kappa shape index (κ3) is 3.76. The summed E-state index contributed by atoms with van der Waals surface area (Å²) in [6.07, 6.45) is 1.71. The smallest absolute Gasteiger partial charge is 0.338 e. The lowest BCUT2D eigenvalue weighted by Crippen LogP contribution is -2.49. The van der Waals surface area contributed by atoms with E-state index in [1.165, 1.54) is 0 Å². The number of rotatable bonds is 3. The van der Waals surface area contributed by atoms with Gasteiger partial charge in [0.25, 0.3) is 5.91 Å². The Labute approximate surface area is 141 Å². The van der Waals surface area contributed by atoms with Crippen molar-refractivity contribution >= 4 is 18.0 Å². The minimum atomic E-state index is -0.521. The molecule has 6 nitrogen and oxygen atoms in total. The molecule has 0 radical (unpaired) electrons. The molecule has 1 amide bonds. The molecule has 0 saturated carbocycles. The average molecular weight is 331 g/mol. The highest BCUT2D eigenvalue weighted by molar-refractivity contribution is 5.96. The molecule has 0 spiro atoms. The first kappa shape index (κ1) is 16.5. The van der Waals surface area contributed by atoms with Crippen LogP contribution in [-0.4, -0.2) is 55.3 Å². The van der Waals surface area contributed by atoms with Crippen molar-refractivity contribution < 1.29 is 23.8 Å². The summed E-state index contributed by atoms with van der Waals surface area (Å²) < 4.78 is 16.3. The average Bonchev–Trinajstić information content (AvgIpc) is 2.58. The largest absolute Gasteiger partial charge is 0.488 e. The topological polar surface area (TPSA) is 65.1 Å². The van der Waals surface area contributed by atoms with Gasteiger partial charge >= 0.3 is 5.97 Å². The SMILES string of the molecule is C[C@@H]1CN(C(=O)COC(=O)C2=Cc3ccccc3OC2)C[C@H](C)O1. The summed E-state index contributed by atoms with van der Waals surface area (Å²) in [4.78, 5) is 26.0. The van der Waals surface area contributed by atoms with E-state index in [-0.39, 0.29) is 31.3 Å². The Morgan fingerprint density at radius 1 is 1.21 bits per heavy atom. The van der Waals surface area contributed by atoms with Crippen LogP contribution >= 0.6 is 0 Å². The van der Waals surface area contributed by atoms with Crippen molar-refractivity contribution in [3.63, 3.8) is 0 Å². The van der Waals surface area contributed by atoms with Gasteiger partial charge in [-0.3, -0.25) is 4.79 Å². The molecule has 3 rings (SSSR count). The second kappa shape index (κ2) is 7.05. The van der Waals surface area contributed by atoms with Gasteiger partial charge in [0.05, 0.1) is 17.8 Å². The molecule has 1 aromatic carbocycles. The number of fused-ring (bicyclic) bond motifs is 1. The van der Waals surface area contributed by atoms with Crippen molar-refractivity contribution in [3.05, 3.63) is 35.4 Å².